The zero-order valence-corrected chi connectivity index (χ0v) is 8.55. The molecule has 3 nitrogen and oxygen atoms in total. The predicted octanol–water partition coefficient (Wildman–Crippen LogP) is 0.772. The van der Waals surface area contributed by atoms with E-state index in [1.165, 1.54) is 0 Å². The molecule has 0 spiro atoms. The van der Waals surface area contributed by atoms with Gasteiger partial charge in [0.15, 0.2) is 0 Å². The molecule has 12 heavy (non-hydrogen) atoms. The molecule has 0 aliphatic rings. The van der Waals surface area contributed by atoms with Gasteiger partial charge in [-0.1, -0.05) is 0 Å². The second-order valence-electron chi connectivity index (χ2n) is 3.44. The van der Waals surface area contributed by atoms with Crippen molar-refractivity contribution in [1.29, 1.82) is 0 Å². The van der Waals surface area contributed by atoms with E-state index >= 15 is 0 Å². The molecule has 2 unspecified atom stereocenters. The van der Waals surface area contributed by atoms with Crippen molar-refractivity contribution in [2.45, 2.75) is 38.8 Å². The number of nitrogens with one attached hydrogen (secondary N) is 1. The van der Waals surface area contributed by atoms with Gasteiger partial charge in [0, 0.05) is 12.1 Å². The highest BCUT2D eigenvalue weighted by Crippen LogP contribution is 2.12. The Bertz CT molecular complexity index is 113. The summed E-state index contributed by atoms with van der Waals surface area (Å²) in [6.07, 6.45) is 1.02. The number of likely N-dealkylation sites (N-methyl/N-ethyl adjacent to an activating group) is 1. The lowest BCUT2D eigenvalue weighted by atomic mass is 9.96. The molecule has 0 saturated carbocycles. The van der Waals surface area contributed by atoms with Crippen molar-refractivity contribution in [3.8, 4) is 0 Å². The molecule has 0 aromatic rings. The van der Waals surface area contributed by atoms with Gasteiger partial charge in [0.1, 0.15) is 0 Å². The molecule has 0 radical (unpaired) electrons. The molecule has 0 amide bonds. The Morgan fingerprint density at radius 2 is 2.17 bits per heavy atom. The van der Waals surface area contributed by atoms with Crippen molar-refractivity contribution >= 4 is 0 Å². The van der Waals surface area contributed by atoms with Crippen LogP contribution in [-0.4, -0.2) is 37.0 Å². The third-order valence-corrected chi connectivity index (χ3v) is 2.14. The van der Waals surface area contributed by atoms with Crippen LogP contribution >= 0.6 is 0 Å². The molecule has 2 N–H and O–H groups in total. The third-order valence-electron chi connectivity index (χ3n) is 2.14. The van der Waals surface area contributed by atoms with Crippen LogP contribution in [0.3, 0.4) is 0 Å². The van der Waals surface area contributed by atoms with Crippen LogP contribution in [0.2, 0.25) is 0 Å². The minimum absolute atomic E-state index is 0.140. The van der Waals surface area contributed by atoms with Crippen molar-refractivity contribution in [3.05, 3.63) is 0 Å². The van der Waals surface area contributed by atoms with Gasteiger partial charge in [0.2, 0.25) is 0 Å². The first-order valence-corrected chi connectivity index (χ1v) is 4.49. The van der Waals surface area contributed by atoms with Crippen LogP contribution in [0.5, 0.6) is 0 Å². The van der Waals surface area contributed by atoms with Crippen LogP contribution in [-0.2, 0) is 4.74 Å². The number of aliphatic hydroxyl groups excluding tert-OH is 1. The summed E-state index contributed by atoms with van der Waals surface area (Å²) in [4.78, 5) is 0. The van der Waals surface area contributed by atoms with Gasteiger partial charge >= 0.3 is 0 Å². The molecule has 0 aliphatic heterocycles. The lowest BCUT2D eigenvalue weighted by molar-refractivity contribution is 0.0371. The fraction of sp³-hybridized carbons (Fsp3) is 1.00. The second kappa shape index (κ2) is 5.51. The van der Waals surface area contributed by atoms with Gasteiger partial charge in [-0.05, 0) is 34.2 Å². The quantitative estimate of drug-likeness (QED) is 0.626. The van der Waals surface area contributed by atoms with E-state index in [-0.39, 0.29) is 18.2 Å². The maximum atomic E-state index is 9.08. The summed E-state index contributed by atoms with van der Waals surface area (Å²) in [7, 11) is 1.86. The number of hydrogen-bond acceptors (Lipinski definition) is 3. The van der Waals surface area contributed by atoms with Gasteiger partial charge in [-0.15, -0.1) is 0 Å². The number of ether oxygens (including phenoxy) is 1. The van der Waals surface area contributed by atoms with Crippen LogP contribution in [0.25, 0.3) is 0 Å². The SMILES string of the molecule is CCOC(C)CC(C)(CO)NC. The van der Waals surface area contributed by atoms with E-state index in [1.54, 1.807) is 0 Å². The summed E-state index contributed by atoms with van der Waals surface area (Å²) in [5.74, 6) is 0. The first-order valence-electron chi connectivity index (χ1n) is 4.49. The fourth-order valence-electron chi connectivity index (χ4n) is 1.22. The van der Waals surface area contributed by atoms with Crippen molar-refractivity contribution in [3.63, 3.8) is 0 Å². The third kappa shape index (κ3) is 4.04. The molecule has 0 fully saturated rings. The molecule has 0 aromatic heterocycles. The Balaban J connectivity index is 3.84. The van der Waals surface area contributed by atoms with E-state index in [0.29, 0.717) is 0 Å². The van der Waals surface area contributed by atoms with Gasteiger partial charge in [-0.3, -0.25) is 0 Å². The Labute approximate surface area is 75.1 Å². The number of rotatable bonds is 6. The molecule has 0 rings (SSSR count). The summed E-state index contributed by atoms with van der Waals surface area (Å²) in [6, 6.07) is 0. The zero-order chi connectivity index (χ0) is 9.61. The molecular formula is C9H21NO2. The molecule has 0 heterocycles. The lowest BCUT2D eigenvalue weighted by Crippen LogP contribution is -2.46. The molecular weight excluding hydrogens is 154 g/mol. The molecule has 3 heteroatoms. The van der Waals surface area contributed by atoms with Crippen LogP contribution in [0.15, 0.2) is 0 Å². The minimum Gasteiger partial charge on any atom is -0.394 e. The molecule has 0 aromatic carbocycles. The molecule has 2 atom stereocenters. The molecule has 0 bridgehead atoms. The Hall–Kier alpha value is -0.120. The van der Waals surface area contributed by atoms with Crippen molar-refractivity contribution in [2.24, 2.45) is 0 Å². The highest BCUT2D eigenvalue weighted by Gasteiger charge is 2.23. The van der Waals surface area contributed by atoms with Crippen molar-refractivity contribution < 1.29 is 9.84 Å². The normalized spacial score (nSPS) is 18.8. The van der Waals surface area contributed by atoms with E-state index < -0.39 is 0 Å². The Kier molecular flexibility index (Phi) is 5.46. The predicted molar refractivity (Wildman–Crippen MR) is 50.3 cm³/mol. The van der Waals surface area contributed by atoms with Crippen LogP contribution in [0, 0.1) is 0 Å². The molecule has 74 valence electrons. The van der Waals surface area contributed by atoms with Gasteiger partial charge in [-0.25, -0.2) is 0 Å². The van der Waals surface area contributed by atoms with Gasteiger partial charge in [0.25, 0.3) is 0 Å². The van der Waals surface area contributed by atoms with Crippen LogP contribution in [0.1, 0.15) is 27.2 Å². The number of aliphatic hydroxyl groups is 1. The van der Waals surface area contributed by atoms with E-state index in [9.17, 15) is 0 Å². The standard InChI is InChI=1S/C9H21NO2/c1-5-12-8(2)6-9(3,7-11)10-4/h8,10-11H,5-7H2,1-4H3. The van der Waals surface area contributed by atoms with Crippen LogP contribution in [0.4, 0.5) is 0 Å². The smallest absolute Gasteiger partial charge is 0.0611 e. The summed E-state index contributed by atoms with van der Waals surface area (Å²) in [6.45, 7) is 6.86. The van der Waals surface area contributed by atoms with E-state index in [1.807, 2.05) is 27.8 Å². The van der Waals surface area contributed by atoms with Crippen molar-refractivity contribution in [2.75, 3.05) is 20.3 Å². The van der Waals surface area contributed by atoms with E-state index in [0.717, 1.165) is 13.0 Å². The van der Waals surface area contributed by atoms with Crippen LogP contribution < -0.4 is 5.32 Å². The minimum atomic E-state index is -0.214. The summed E-state index contributed by atoms with van der Waals surface area (Å²) in [5.41, 5.74) is -0.214. The average molecular weight is 175 g/mol. The average Bonchev–Trinajstić information content (AvgIpc) is 2.05. The van der Waals surface area contributed by atoms with Gasteiger partial charge < -0.3 is 15.2 Å². The lowest BCUT2D eigenvalue weighted by Gasteiger charge is -2.29. The fourth-order valence-corrected chi connectivity index (χ4v) is 1.22. The van der Waals surface area contributed by atoms with Gasteiger partial charge in [-0.2, -0.15) is 0 Å². The molecule has 0 saturated heterocycles. The van der Waals surface area contributed by atoms with E-state index in [2.05, 4.69) is 5.32 Å². The molecule has 0 aliphatic carbocycles. The van der Waals surface area contributed by atoms with Crippen molar-refractivity contribution in [1.82, 2.24) is 5.32 Å². The zero-order valence-electron chi connectivity index (χ0n) is 8.55. The first kappa shape index (κ1) is 11.9. The Morgan fingerprint density at radius 3 is 2.50 bits per heavy atom. The highest BCUT2D eigenvalue weighted by molar-refractivity contribution is 4.82. The Morgan fingerprint density at radius 1 is 1.58 bits per heavy atom. The number of hydrogen-bond donors (Lipinski definition) is 2. The first-order chi connectivity index (χ1) is 5.58. The van der Waals surface area contributed by atoms with Gasteiger partial charge in [0.05, 0.1) is 12.7 Å². The summed E-state index contributed by atoms with van der Waals surface area (Å²) < 4.78 is 5.39. The summed E-state index contributed by atoms with van der Waals surface area (Å²) in [5, 5.41) is 12.2. The summed E-state index contributed by atoms with van der Waals surface area (Å²) >= 11 is 0. The van der Waals surface area contributed by atoms with E-state index in [4.69, 9.17) is 9.84 Å². The second-order valence-corrected chi connectivity index (χ2v) is 3.44. The topological polar surface area (TPSA) is 41.5 Å². The highest BCUT2D eigenvalue weighted by atomic mass is 16.5. The monoisotopic (exact) mass is 175 g/mol. The largest absolute Gasteiger partial charge is 0.394 e. The maximum Gasteiger partial charge on any atom is 0.0611 e. The maximum absolute atomic E-state index is 9.08.